The summed E-state index contributed by atoms with van der Waals surface area (Å²) in [5.41, 5.74) is 0.944. The van der Waals surface area contributed by atoms with E-state index in [0.717, 1.165) is 6.61 Å². The molecule has 1 saturated heterocycles. The van der Waals surface area contributed by atoms with Crippen LogP contribution in [0.1, 0.15) is 73.1 Å². The molecule has 21 heavy (non-hydrogen) atoms. The summed E-state index contributed by atoms with van der Waals surface area (Å²) in [6, 6.07) is 1.33. The Morgan fingerprint density at radius 3 is 2.19 bits per heavy atom. The number of rotatable bonds is 4. The lowest BCUT2D eigenvalue weighted by molar-refractivity contribution is -0.176. The lowest BCUT2D eigenvalue weighted by Crippen LogP contribution is -2.70. The summed E-state index contributed by atoms with van der Waals surface area (Å²) >= 11 is 0. The molecule has 2 aliphatic carbocycles. The molecule has 0 aromatic rings. The van der Waals surface area contributed by atoms with E-state index in [1.807, 2.05) is 0 Å². The van der Waals surface area contributed by atoms with Crippen LogP contribution in [0.25, 0.3) is 0 Å². The Labute approximate surface area is 130 Å². The predicted molar refractivity (Wildman–Crippen MR) is 87.6 cm³/mol. The molecule has 3 heteroatoms. The molecule has 3 aliphatic rings. The lowest BCUT2D eigenvalue weighted by atomic mass is 9.50. The molecule has 1 heterocycles. The zero-order chi connectivity index (χ0) is 15.3. The van der Waals surface area contributed by atoms with Crippen LogP contribution in [-0.4, -0.2) is 35.9 Å². The highest BCUT2D eigenvalue weighted by Gasteiger charge is 2.59. The van der Waals surface area contributed by atoms with Crippen molar-refractivity contribution < 1.29 is 4.74 Å². The fraction of sp³-hybridized carbons (Fsp3) is 1.00. The van der Waals surface area contributed by atoms with Crippen LogP contribution in [-0.2, 0) is 4.74 Å². The Balaban J connectivity index is 1.62. The van der Waals surface area contributed by atoms with Gasteiger partial charge in [0.2, 0.25) is 0 Å². The van der Waals surface area contributed by atoms with E-state index in [9.17, 15) is 0 Å². The van der Waals surface area contributed by atoms with Gasteiger partial charge < -0.3 is 15.4 Å². The average Bonchev–Trinajstić information content (AvgIpc) is 2.20. The van der Waals surface area contributed by atoms with Crippen molar-refractivity contribution in [1.82, 2.24) is 10.6 Å². The van der Waals surface area contributed by atoms with Gasteiger partial charge in [-0.05, 0) is 66.7 Å². The third-order valence-electron chi connectivity index (χ3n) is 6.06. The van der Waals surface area contributed by atoms with Gasteiger partial charge in [0.05, 0.1) is 6.10 Å². The smallest absolute Gasteiger partial charge is 0.0661 e. The van der Waals surface area contributed by atoms with Crippen LogP contribution in [0, 0.1) is 5.41 Å². The molecule has 0 radical (unpaired) electrons. The third-order valence-corrected chi connectivity index (χ3v) is 6.06. The largest absolute Gasteiger partial charge is 0.378 e. The molecule has 2 N–H and O–H groups in total. The number of nitrogens with one attached hydrogen (secondary N) is 2. The number of ether oxygens (including phenoxy) is 1. The molecular weight excluding hydrogens is 260 g/mol. The minimum absolute atomic E-state index is 0.231. The van der Waals surface area contributed by atoms with E-state index in [-0.39, 0.29) is 11.1 Å². The van der Waals surface area contributed by atoms with Crippen molar-refractivity contribution in [2.24, 2.45) is 5.41 Å². The lowest BCUT2D eigenvalue weighted by Gasteiger charge is -2.62. The molecule has 0 amide bonds. The second-order valence-corrected chi connectivity index (χ2v) is 8.98. The zero-order valence-corrected chi connectivity index (χ0v) is 14.6. The first-order valence-electron chi connectivity index (χ1n) is 8.93. The van der Waals surface area contributed by atoms with E-state index >= 15 is 0 Å². The van der Waals surface area contributed by atoms with E-state index in [2.05, 4.69) is 45.3 Å². The molecule has 0 aromatic carbocycles. The summed E-state index contributed by atoms with van der Waals surface area (Å²) in [7, 11) is 0. The number of hydrogen-bond acceptors (Lipinski definition) is 3. The van der Waals surface area contributed by atoms with E-state index in [1.165, 1.54) is 38.5 Å². The van der Waals surface area contributed by atoms with Gasteiger partial charge in [-0.2, -0.15) is 0 Å². The van der Waals surface area contributed by atoms with Crippen molar-refractivity contribution in [1.29, 1.82) is 0 Å². The Kier molecular flexibility index (Phi) is 3.91. The predicted octanol–water partition coefficient (Wildman–Crippen LogP) is 3.23. The summed E-state index contributed by atoms with van der Waals surface area (Å²) in [6.45, 7) is 12.4. The Bertz CT molecular complexity index is 371. The van der Waals surface area contributed by atoms with Crippen molar-refractivity contribution >= 4 is 0 Å². The molecular formula is C18H34N2O. The monoisotopic (exact) mass is 294 g/mol. The fourth-order valence-electron chi connectivity index (χ4n) is 5.40. The van der Waals surface area contributed by atoms with Crippen LogP contribution in [0.5, 0.6) is 0 Å². The van der Waals surface area contributed by atoms with Crippen molar-refractivity contribution in [2.75, 3.05) is 6.61 Å². The molecule has 2 saturated carbocycles. The van der Waals surface area contributed by atoms with Gasteiger partial charge >= 0.3 is 0 Å². The van der Waals surface area contributed by atoms with E-state index < -0.39 is 0 Å². The quantitative estimate of drug-likeness (QED) is 0.835. The topological polar surface area (TPSA) is 33.3 Å². The molecule has 1 spiro atoms. The van der Waals surface area contributed by atoms with Crippen LogP contribution in [0.2, 0.25) is 0 Å². The molecule has 122 valence electrons. The van der Waals surface area contributed by atoms with E-state index in [0.29, 0.717) is 23.6 Å². The molecule has 2 atom stereocenters. The summed E-state index contributed by atoms with van der Waals surface area (Å²) in [5.74, 6) is 0. The van der Waals surface area contributed by atoms with Gasteiger partial charge in [-0.15, -0.1) is 0 Å². The SMILES string of the molecule is CCO[C@H]1C[C@@H](NC2CC(C)(C)NC(C)(C)C2)C12CCC2. The number of piperidine rings is 1. The summed E-state index contributed by atoms with van der Waals surface area (Å²) in [4.78, 5) is 0. The Morgan fingerprint density at radius 2 is 1.71 bits per heavy atom. The maximum atomic E-state index is 5.98. The van der Waals surface area contributed by atoms with Crippen molar-refractivity contribution in [2.45, 2.75) is 102 Å². The summed E-state index contributed by atoms with van der Waals surface area (Å²) in [5, 5.41) is 7.81. The van der Waals surface area contributed by atoms with Gasteiger partial charge in [-0.25, -0.2) is 0 Å². The molecule has 0 bridgehead atoms. The van der Waals surface area contributed by atoms with Crippen molar-refractivity contribution in [3.63, 3.8) is 0 Å². The molecule has 3 nitrogen and oxygen atoms in total. The van der Waals surface area contributed by atoms with Gasteiger partial charge in [0.1, 0.15) is 0 Å². The van der Waals surface area contributed by atoms with E-state index in [1.54, 1.807) is 0 Å². The summed E-state index contributed by atoms with van der Waals surface area (Å²) in [6.07, 6.45) is 8.32. The maximum Gasteiger partial charge on any atom is 0.0661 e. The molecule has 0 aromatic heterocycles. The van der Waals surface area contributed by atoms with Gasteiger partial charge in [0.25, 0.3) is 0 Å². The molecule has 3 fully saturated rings. The van der Waals surface area contributed by atoms with Crippen LogP contribution in [0.4, 0.5) is 0 Å². The fourth-order valence-corrected chi connectivity index (χ4v) is 5.40. The second-order valence-electron chi connectivity index (χ2n) is 8.98. The van der Waals surface area contributed by atoms with Crippen molar-refractivity contribution in [3.05, 3.63) is 0 Å². The van der Waals surface area contributed by atoms with Crippen LogP contribution >= 0.6 is 0 Å². The first kappa shape index (κ1) is 15.8. The minimum Gasteiger partial charge on any atom is -0.378 e. The third kappa shape index (κ3) is 2.89. The minimum atomic E-state index is 0.231. The van der Waals surface area contributed by atoms with Crippen LogP contribution < -0.4 is 10.6 Å². The highest BCUT2D eigenvalue weighted by Crippen LogP contribution is 2.57. The first-order chi connectivity index (χ1) is 9.76. The Morgan fingerprint density at radius 1 is 1.10 bits per heavy atom. The second kappa shape index (κ2) is 5.21. The van der Waals surface area contributed by atoms with Crippen molar-refractivity contribution in [3.8, 4) is 0 Å². The zero-order valence-electron chi connectivity index (χ0n) is 14.6. The normalized spacial score (nSPS) is 37.0. The standard InChI is InChI=1S/C18H34N2O/c1-6-21-15-10-14(18(15)8-7-9-18)19-13-11-16(2,3)20-17(4,5)12-13/h13-15,19-20H,6-12H2,1-5H3/t14-,15+/m1/s1. The summed E-state index contributed by atoms with van der Waals surface area (Å²) < 4.78 is 5.98. The first-order valence-corrected chi connectivity index (χ1v) is 8.93. The number of hydrogen-bond donors (Lipinski definition) is 2. The highest BCUT2D eigenvalue weighted by atomic mass is 16.5. The van der Waals surface area contributed by atoms with Gasteiger partial charge in [-0.3, -0.25) is 0 Å². The molecule has 1 aliphatic heterocycles. The Hall–Kier alpha value is -0.120. The van der Waals surface area contributed by atoms with Crippen LogP contribution in [0.15, 0.2) is 0 Å². The maximum absolute atomic E-state index is 5.98. The molecule has 0 unspecified atom stereocenters. The van der Waals surface area contributed by atoms with Gasteiger partial charge in [0.15, 0.2) is 0 Å². The average molecular weight is 294 g/mol. The highest BCUT2D eigenvalue weighted by molar-refractivity contribution is 5.13. The molecule has 3 rings (SSSR count). The van der Waals surface area contributed by atoms with Gasteiger partial charge in [0, 0.05) is 35.2 Å². The van der Waals surface area contributed by atoms with Crippen LogP contribution in [0.3, 0.4) is 0 Å². The van der Waals surface area contributed by atoms with Gasteiger partial charge in [-0.1, -0.05) is 6.42 Å². The van der Waals surface area contributed by atoms with E-state index in [4.69, 9.17) is 4.74 Å².